The molecule has 21 heavy (non-hydrogen) atoms. The summed E-state index contributed by atoms with van der Waals surface area (Å²) in [5, 5.41) is 0.583. The Morgan fingerprint density at radius 3 is 2.57 bits per heavy atom. The van der Waals surface area contributed by atoms with Gasteiger partial charge in [0, 0.05) is 18.7 Å². The summed E-state index contributed by atoms with van der Waals surface area (Å²) in [6, 6.07) is 9.49. The molecule has 2 heterocycles. The SMILES string of the molecule is CC(F)(F)c1ccc(Cn2sc3ncccc3c2=O)cc1. The van der Waals surface area contributed by atoms with Gasteiger partial charge in [-0.25, -0.2) is 13.8 Å². The molecule has 3 nitrogen and oxygen atoms in total. The van der Waals surface area contributed by atoms with Crippen molar-refractivity contribution in [1.82, 2.24) is 8.94 Å². The van der Waals surface area contributed by atoms with Crippen LogP contribution in [-0.2, 0) is 12.5 Å². The van der Waals surface area contributed by atoms with Gasteiger partial charge >= 0.3 is 0 Å². The zero-order chi connectivity index (χ0) is 15.0. The number of pyridine rings is 1. The van der Waals surface area contributed by atoms with Crippen molar-refractivity contribution < 1.29 is 8.78 Å². The van der Waals surface area contributed by atoms with Crippen LogP contribution in [0.5, 0.6) is 0 Å². The Bertz CT molecular complexity index is 831. The van der Waals surface area contributed by atoms with E-state index in [-0.39, 0.29) is 11.1 Å². The second-order valence-corrected chi connectivity index (χ2v) is 5.88. The Kier molecular flexibility index (Phi) is 3.33. The van der Waals surface area contributed by atoms with Crippen LogP contribution < -0.4 is 5.56 Å². The molecular formula is C15H12F2N2OS. The van der Waals surface area contributed by atoms with E-state index in [1.54, 1.807) is 34.4 Å². The normalized spacial score (nSPS) is 12.0. The first kappa shape index (κ1) is 13.9. The molecule has 0 radical (unpaired) electrons. The van der Waals surface area contributed by atoms with Gasteiger partial charge in [-0.15, -0.1) is 0 Å². The highest BCUT2D eigenvalue weighted by Crippen LogP contribution is 2.27. The van der Waals surface area contributed by atoms with Crippen LogP contribution in [0.25, 0.3) is 10.2 Å². The number of fused-ring (bicyclic) bond motifs is 1. The zero-order valence-corrected chi connectivity index (χ0v) is 12.0. The molecule has 0 fully saturated rings. The molecule has 6 heteroatoms. The molecule has 0 aliphatic heterocycles. The van der Waals surface area contributed by atoms with E-state index < -0.39 is 5.92 Å². The van der Waals surface area contributed by atoms with Gasteiger partial charge in [-0.3, -0.25) is 8.75 Å². The molecule has 1 aromatic carbocycles. The van der Waals surface area contributed by atoms with Crippen LogP contribution in [0, 0.1) is 0 Å². The minimum Gasteiger partial charge on any atom is -0.268 e. The Morgan fingerprint density at radius 2 is 1.95 bits per heavy atom. The van der Waals surface area contributed by atoms with E-state index in [0.717, 1.165) is 12.5 Å². The quantitative estimate of drug-likeness (QED) is 0.741. The van der Waals surface area contributed by atoms with E-state index >= 15 is 0 Å². The van der Waals surface area contributed by atoms with Crippen LogP contribution in [0.3, 0.4) is 0 Å². The van der Waals surface area contributed by atoms with Crippen molar-refractivity contribution in [2.45, 2.75) is 19.4 Å². The minimum absolute atomic E-state index is 0.0309. The highest BCUT2D eigenvalue weighted by Gasteiger charge is 2.23. The van der Waals surface area contributed by atoms with Crippen molar-refractivity contribution in [2.75, 3.05) is 0 Å². The summed E-state index contributed by atoms with van der Waals surface area (Å²) in [7, 11) is 0. The molecule has 0 unspecified atom stereocenters. The van der Waals surface area contributed by atoms with Crippen molar-refractivity contribution >= 4 is 21.7 Å². The number of halogens is 2. The Labute approximate surface area is 123 Å². The van der Waals surface area contributed by atoms with Gasteiger partial charge in [-0.1, -0.05) is 24.3 Å². The van der Waals surface area contributed by atoms with E-state index in [4.69, 9.17) is 0 Å². The van der Waals surface area contributed by atoms with Crippen molar-refractivity contribution in [3.05, 3.63) is 64.1 Å². The topological polar surface area (TPSA) is 34.9 Å². The first-order chi connectivity index (χ1) is 9.95. The molecule has 108 valence electrons. The summed E-state index contributed by atoms with van der Waals surface area (Å²) in [6.07, 6.45) is 1.64. The number of rotatable bonds is 3. The first-order valence-corrected chi connectivity index (χ1v) is 7.14. The fourth-order valence-corrected chi connectivity index (χ4v) is 3.04. The molecule has 3 aromatic rings. The Hall–Kier alpha value is -2.08. The van der Waals surface area contributed by atoms with Crippen molar-refractivity contribution in [3.8, 4) is 0 Å². The number of alkyl halides is 2. The number of hydrogen-bond acceptors (Lipinski definition) is 3. The van der Waals surface area contributed by atoms with Crippen molar-refractivity contribution in [3.63, 3.8) is 0 Å². The van der Waals surface area contributed by atoms with Crippen LogP contribution in [0.2, 0.25) is 0 Å². The minimum atomic E-state index is -2.85. The largest absolute Gasteiger partial charge is 0.270 e. The molecule has 2 aromatic heterocycles. The maximum Gasteiger partial charge on any atom is 0.270 e. The molecule has 0 bridgehead atoms. The third kappa shape index (κ3) is 2.71. The number of nitrogens with zero attached hydrogens (tertiary/aromatic N) is 2. The molecule has 0 spiro atoms. The lowest BCUT2D eigenvalue weighted by Gasteiger charge is -2.10. The van der Waals surface area contributed by atoms with E-state index in [9.17, 15) is 13.6 Å². The molecule has 0 aliphatic carbocycles. The number of benzene rings is 1. The average Bonchev–Trinajstić information content (AvgIpc) is 2.76. The monoisotopic (exact) mass is 306 g/mol. The van der Waals surface area contributed by atoms with Gasteiger partial charge in [-0.2, -0.15) is 0 Å². The number of hydrogen-bond donors (Lipinski definition) is 0. The summed E-state index contributed by atoms with van der Waals surface area (Å²) in [6.45, 7) is 1.22. The molecular weight excluding hydrogens is 294 g/mol. The molecule has 3 rings (SSSR count). The van der Waals surface area contributed by atoms with Gasteiger partial charge in [0.1, 0.15) is 4.83 Å². The standard InChI is InChI=1S/C15H12F2N2OS/c1-15(16,17)11-6-4-10(5-7-11)9-19-14(20)12-3-2-8-18-13(12)21-19/h2-8H,9H2,1H3. The lowest BCUT2D eigenvalue weighted by Crippen LogP contribution is -2.14. The average molecular weight is 306 g/mol. The molecule has 0 saturated carbocycles. The van der Waals surface area contributed by atoms with Gasteiger partial charge in [-0.05, 0) is 29.2 Å². The summed E-state index contributed by atoms with van der Waals surface area (Å²) in [5.74, 6) is -2.85. The lowest BCUT2D eigenvalue weighted by molar-refractivity contribution is 0.0174. The van der Waals surface area contributed by atoms with Gasteiger partial charge in [0.15, 0.2) is 0 Å². The van der Waals surface area contributed by atoms with Gasteiger partial charge < -0.3 is 0 Å². The van der Waals surface area contributed by atoms with E-state index in [0.29, 0.717) is 16.8 Å². The smallest absolute Gasteiger partial charge is 0.268 e. The highest BCUT2D eigenvalue weighted by molar-refractivity contribution is 7.13. The Balaban J connectivity index is 1.92. The first-order valence-electron chi connectivity index (χ1n) is 6.37. The predicted molar refractivity (Wildman–Crippen MR) is 79.0 cm³/mol. The van der Waals surface area contributed by atoms with Gasteiger partial charge in [0.05, 0.1) is 11.9 Å². The molecule has 0 N–H and O–H groups in total. The van der Waals surface area contributed by atoms with E-state index in [2.05, 4.69) is 4.98 Å². The van der Waals surface area contributed by atoms with Crippen LogP contribution in [-0.4, -0.2) is 8.94 Å². The van der Waals surface area contributed by atoms with Gasteiger partial charge in [0.2, 0.25) is 0 Å². The second-order valence-electron chi connectivity index (χ2n) is 4.87. The van der Waals surface area contributed by atoms with Crippen molar-refractivity contribution in [2.24, 2.45) is 0 Å². The molecule has 0 amide bonds. The lowest BCUT2D eigenvalue weighted by atomic mass is 10.1. The summed E-state index contributed by atoms with van der Waals surface area (Å²) >= 11 is 1.27. The van der Waals surface area contributed by atoms with E-state index in [1.807, 2.05) is 0 Å². The molecule has 0 atom stereocenters. The van der Waals surface area contributed by atoms with Crippen LogP contribution >= 0.6 is 11.5 Å². The number of aromatic nitrogens is 2. The third-order valence-electron chi connectivity index (χ3n) is 3.21. The Morgan fingerprint density at radius 1 is 1.24 bits per heavy atom. The second kappa shape index (κ2) is 5.04. The maximum absolute atomic E-state index is 13.2. The maximum atomic E-state index is 13.2. The van der Waals surface area contributed by atoms with Gasteiger partial charge in [0.25, 0.3) is 11.5 Å². The summed E-state index contributed by atoms with van der Waals surface area (Å²) in [5.41, 5.74) is 0.668. The molecule has 0 saturated heterocycles. The van der Waals surface area contributed by atoms with Crippen LogP contribution in [0.1, 0.15) is 18.1 Å². The van der Waals surface area contributed by atoms with Crippen molar-refractivity contribution in [1.29, 1.82) is 0 Å². The predicted octanol–water partition coefficient (Wildman–Crippen LogP) is 3.62. The highest BCUT2D eigenvalue weighted by atomic mass is 32.1. The van der Waals surface area contributed by atoms with Crippen LogP contribution in [0.4, 0.5) is 8.78 Å². The fourth-order valence-electron chi connectivity index (χ4n) is 2.08. The third-order valence-corrected chi connectivity index (χ3v) is 4.23. The summed E-state index contributed by atoms with van der Waals surface area (Å²) < 4.78 is 27.9. The zero-order valence-electron chi connectivity index (χ0n) is 11.2. The summed E-state index contributed by atoms with van der Waals surface area (Å²) in [4.78, 5) is 17.0. The van der Waals surface area contributed by atoms with E-state index in [1.165, 1.54) is 23.7 Å². The van der Waals surface area contributed by atoms with Crippen LogP contribution in [0.15, 0.2) is 47.4 Å². The fraction of sp³-hybridized carbons (Fsp3) is 0.200. The molecule has 0 aliphatic rings.